The number of halogens is 1. The largest absolute Gasteiger partial charge is 0.378 e. The van der Waals surface area contributed by atoms with Crippen molar-refractivity contribution >= 4 is 33.4 Å². The van der Waals surface area contributed by atoms with Crippen molar-refractivity contribution in [3.8, 4) is 0 Å². The van der Waals surface area contributed by atoms with E-state index in [1.54, 1.807) is 6.33 Å². The molecular formula is C18H23BrN6O. The van der Waals surface area contributed by atoms with Crippen molar-refractivity contribution in [1.82, 2.24) is 15.0 Å². The van der Waals surface area contributed by atoms with Crippen LogP contribution in [-0.4, -0.2) is 67.4 Å². The van der Waals surface area contributed by atoms with E-state index >= 15 is 0 Å². The van der Waals surface area contributed by atoms with E-state index in [2.05, 4.69) is 64.6 Å². The first-order chi connectivity index (χ1) is 12.7. The quantitative estimate of drug-likeness (QED) is 0.756. The summed E-state index contributed by atoms with van der Waals surface area (Å²) in [5.74, 6) is 3.04. The number of piperazine rings is 1. The third kappa shape index (κ3) is 3.76. The second-order valence-corrected chi connectivity index (χ2v) is 7.45. The van der Waals surface area contributed by atoms with Crippen LogP contribution in [0.4, 0.5) is 17.5 Å². The molecule has 0 bridgehead atoms. The zero-order valence-electron chi connectivity index (χ0n) is 14.9. The first-order valence-corrected chi connectivity index (χ1v) is 9.77. The minimum atomic E-state index is 0.762. The van der Waals surface area contributed by atoms with Gasteiger partial charge in [0.05, 0.1) is 13.2 Å². The molecule has 2 aromatic rings. The van der Waals surface area contributed by atoms with Crippen LogP contribution in [0.5, 0.6) is 0 Å². The lowest BCUT2D eigenvalue weighted by atomic mass is 10.2. The maximum atomic E-state index is 5.43. The minimum Gasteiger partial charge on any atom is -0.378 e. The fourth-order valence-corrected chi connectivity index (χ4v) is 3.55. The lowest BCUT2D eigenvalue weighted by molar-refractivity contribution is 0.122. The molecule has 4 heterocycles. The molecule has 0 N–H and O–H groups in total. The Kier molecular flexibility index (Phi) is 5.21. The van der Waals surface area contributed by atoms with E-state index in [9.17, 15) is 0 Å². The monoisotopic (exact) mass is 418 g/mol. The molecular weight excluding hydrogens is 396 g/mol. The van der Waals surface area contributed by atoms with Gasteiger partial charge in [-0.1, -0.05) is 0 Å². The Labute approximate surface area is 162 Å². The molecule has 0 amide bonds. The van der Waals surface area contributed by atoms with Crippen molar-refractivity contribution in [2.45, 2.75) is 6.92 Å². The molecule has 0 spiro atoms. The summed E-state index contributed by atoms with van der Waals surface area (Å²) < 4.78 is 6.48. The van der Waals surface area contributed by atoms with Crippen LogP contribution >= 0.6 is 15.9 Å². The van der Waals surface area contributed by atoms with Crippen molar-refractivity contribution in [2.24, 2.45) is 0 Å². The van der Waals surface area contributed by atoms with Gasteiger partial charge in [0, 0.05) is 56.0 Å². The molecule has 0 aromatic carbocycles. The number of hydrogen-bond donors (Lipinski definition) is 0. The van der Waals surface area contributed by atoms with E-state index in [4.69, 9.17) is 4.74 Å². The lowest BCUT2D eigenvalue weighted by Crippen LogP contribution is -2.47. The number of nitrogens with zero attached hydrogens (tertiary/aromatic N) is 6. The van der Waals surface area contributed by atoms with Crippen LogP contribution in [0.15, 0.2) is 29.1 Å². The summed E-state index contributed by atoms with van der Waals surface area (Å²) in [7, 11) is 0. The van der Waals surface area contributed by atoms with E-state index in [0.29, 0.717) is 0 Å². The van der Waals surface area contributed by atoms with Crippen LogP contribution in [0.2, 0.25) is 0 Å². The normalized spacial score (nSPS) is 18.3. The highest BCUT2D eigenvalue weighted by atomic mass is 79.9. The summed E-state index contributed by atoms with van der Waals surface area (Å²) in [6, 6.07) is 4.24. The molecule has 8 heteroatoms. The highest BCUT2D eigenvalue weighted by Crippen LogP contribution is 2.23. The number of rotatable bonds is 3. The molecule has 2 aromatic heterocycles. The van der Waals surface area contributed by atoms with Gasteiger partial charge >= 0.3 is 0 Å². The summed E-state index contributed by atoms with van der Waals surface area (Å²) in [5.41, 5.74) is 1.21. The number of anilines is 3. The van der Waals surface area contributed by atoms with Gasteiger partial charge in [-0.25, -0.2) is 15.0 Å². The Bertz CT molecular complexity index is 759. The summed E-state index contributed by atoms with van der Waals surface area (Å²) in [6.07, 6.45) is 3.56. The minimum absolute atomic E-state index is 0.762. The summed E-state index contributed by atoms with van der Waals surface area (Å²) in [5, 5.41) is 0. The number of aromatic nitrogens is 3. The molecule has 0 saturated carbocycles. The molecule has 0 atom stereocenters. The maximum Gasteiger partial charge on any atom is 0.134 e. The van der Waals surface area contributed by atoms with Crippen molar-refractivity contribution in [1.29, 1.82) is 0 Å². The zero-order valence-corrected chi connectivity index (χ0v) is 16.5. The number of pyridine rings is 1. The van der Waals surface area contributed by atoms with Crippen LogP contribution in [-0.2, 0) is 4.74 Å². The molecule has 0 unspecified atom stereocenters. The van der Waals surface area contributed by atoms with Crippen LogP contribution in [0.25, 0.3) is 0 Å². The summed E-state index contributed by atoms with van der Waals surface area (Å²) in [6.45, 7) is 9.12. The second-order valence-electron chi connectivity index (χ2n) is 6.60. The third-order valence-corrected chi connectivity index (χ3v) is 5.76. The van der Waals surface area contributed by atoms with Crippen LogP contribution in [0.1, 0.15) is 5.56 Å². The first-order valence-electron chi connectivity index (χ1n) is 8.97. The average Bonchev–Trinajstić information content (AvgIpc) is 2.71. The number of hydrogen-bond acceptors (Lipinski definition) is 7. The van der Waals surface area contributed by atoms with Gasteiger partial charge in [-0.2, -0.15) is 0 Å². The predicted molar refractivity (Wildman–Crippen MR) is 106 cm³/mol. The molecule has 4 rings (SSSR count). The lowest BCUT2D eigenvalue weighted by Gasteiger charge is -2.36. The van der Waals surface area contributed by atoms with Crippen molar-refractivity contribution < 1.29 is 4.74 Å². The van der Waals surface area contributed by atoms with Gasteiger partial charge in [-0.15, -0.1) is 0 Å². The summed E-state index contributed by atoms with van der Waals surface area (Å²) >= 11 is 3.52. The summed E-state index contributed by atoms with van der Waals surface area (Å²) in [4.78, 5) is 20.4. The molecule has 138 valence electrons. The number of ether oxygens (including phenoxy) is 1. The maximum absolute atomic E-state index is 5.43. The van der Waals surface area contributed by atoms with Gasteiger partial charge in [0.1, 0.15) is 23.8 Å². The van der Waals surface area contributed by atoms with Crippen molar-refractivity contribution in [3.63, 3.8) is 0 Å². The molecule has 7 nitrogen and oxygen atoms in total. The van der Waals surface area contributed by atoms with Crippen LogP contribution in [0, 0.1) is 6.92 Å². The van der Waals surface area contributed by atoms with E-state index < -0.39 is 0 Å². The number of aryl methyl sites for hydroxylation is 1. The molecule has 2 fully saturated rings. The zero-order chi connectivity index (χ0) is 17.9. The standard InChI is InChI=1S/C18H23BrN6O/c1-14-10-16(20-12-15(14)19)23-2-4-24(5-3-23)17-11-18(22-13-21-17)25-6-8-26-9-7-25/h10-13H,2-9H2,1H3. The van der Waals surface area contributed by atoms with Crippen molar-refractivity contribution in [2.75, 3.05) is 67.2 Å². The average molecular weight is 419 g/mol. The Morgan fingerprint density at radius 3 is 1.92 bits per heavy atom. The molecule has 0 radical (unpaired) electrons. The van der Waals surface area contributed by atoms with Gasteiger partial charge in [0.25, 0.3) is 0 Å². The van der Waals surface area contributed by atoms with Crippen LogP contribution < -0.4 is 14.7 Å². The third-order valence-electron chi connectivity index (χ3n) is 4.93. The second kappa shape index (κ2) is 7.75. The van der Waals surface area contributed by atoms with E-state index in [-0.39, 0.29) is 0 Å². The highest BCUT2D eigenvalue weighted by Gasteiger charge is 2.21. The Morgan fingerprint density at radius 2 is 1.35 bits per heavy atom. The fraction of sp³-hybridized carbons (Fsp3) is 0.500. The Hall–Kier alpha value is -1.93. The molecule has 2 saturated heterocycles. The molecule has 26 heavy (non-hydrogen) atoms. The number of morpholine rings is 1. The first kappa shape index (κ1) is 17.5. The van der Waals surface area contributed by atoms with E-state index in [0.717, 1.165) is 74.4 Å². The molecule has 2 aliphatic rings. The SMILES string of the molecule is Cc1cc(N2CCN(c3cc(N4CCOCC4)ncn3)CC2)ncc1Br. The topological polar surface area (TPSA) is 57.6 Å². The van der Waals surface area contributed by atoms with E-state index in [1.807, 2.05) is 6.20 Å². The molecule has 2 aliphatic heterocycles. The van der Waals surface area contributed by atoms with Gasteiger partial charge in [-0.05, 0) is 34.5 Å². The van der Waals surface area contributed by atoms with E-state index in [1.165, 1.54) is 5.56 Å². The van der Waals surface area contributed by atoms with Gasteiger partial charge in [0.2, 0.25) is 0 Å². The predicted octanol–water partition coefficient (Wildman–Crippen LogP) is 2.11. The Morgan fingerprint density at radius 1 is 0.808 bits per heavy atom. The molecule has 0 aliphatic carbocycles. The van der Waals surface area contributed by atoms with Gasteiger partial charge < -0.3 is 19.4 Å². The Balaban J connectivity index is 1.42. The van der Waals surface area contributed by atoms with Gasteiger partial charge in [-0.3, -0.25) is 0 Å². The highest BCUT2D eigenvalue weighted by molar-refractivity contribution is 9.10. The van der Waals surface area contributed by atoms with Gasteiger partial charge in [0.15, 0.2) is 0 Å². The fourth-order valence-electron chi connectivity index (χ4n) is 3.34. The van der Waals surface area contributed by atoms with Crippen molar-refractivity contribution in [3.05, 3.63) is 34.7 Å². The smallest absolute Gasteiger partial charge is 0.134 e. The van der Waals surface area contributed by atoms with Crippen LogP contribution in [0.3, 0.4) is 0 Å².